The second-order valence-corrected chi connectivity index (χ2v) is 5.59. The highest BCUT2D eigenvalue weighted by atomic mass is 35.5. The first-order chi connectivity index (χ1) is 9.83. The summed E-state index contributed by atoms with van der Waals surface area (Å²) in [5.74, 6) is 0.262. The molecule has 1 aromatic rings. The second-order valence-electron chi connectivity index (χ2n) is 5.59. The van der Waals surface area contributed by atoms with E-state index < -0.39 is 0 Å². The van der Waals surface area contributed by atoms with Gasteiger partial charge in [-0.3, -0.25) is 14.4 Å². The standard InChI is InChI=1S/C14H23N5O.2ClH/c20-14(3-9-19-7-1-4-16-19)18-8-2-13(12-18)17-10-5-15-6-11-17;;/h1,4,7,13,15H,2-3,5-6,8-12H2;2*1H. The Hall–Kier alpha value is -0.820. The van der Waals surface area contributed by atoms with Gasteiger partial charge in [-0.25, -0.2) is 0 Å². The SMILES string of the molecule is Cl.Cl.O=C(CCn1cccn1)N1CCC(N2CCNCC2)C1. The van der Waals surface area contributed by atoms with Crippen molar-refractivity contribution in [3.05, 3.63) is 18.5 Å². The third-order valence-corrected chi connectivity index (χ3v) is 4.30. The van der Waals surface area contributed by atoms with E-state index in [1.54, 1.807) is 6.20 Å². The first-order valence-electron chi connectivity index (χ1n) is 7.53. The zero-order valence-electron chi connectivity index (χ0n) is 12.7. The smallest absolute Gasteiger partial charge is 0.224 e. The Balaban J connectivity index is 0.00000121. The molecule has 8 heteroatoms. The van der Waals surface area contributed by atoms with E-state index in [-0.39, 0.29) is 30.7 Å². The molecule has 1 amide bonds. The fraction of sp³-hybridized carbons (Fsp3) is 0.714. The summed E-state index contributed by atoms with van der Waals surface area (Å²) in [4.78, 5) is 16.8. The molecule has 0 aromatic carbocycles. The van der Waals surface area contributed by atoms with Crippen molar-refractivity contribution in [3.63, 3.8) is 0 Å². The Morgan fingerprint density at radius 1 is 1.23 bits per heavy atom. The number of rotatable bonds is 4. The normalized spacial score (nSPS) is 22.0. The molecule has 126 valence electrons. The van der Waals surface area contributed by atoms with Crippen LogP contribution in [0.25, 0.3) is 0 Å². The molecule has 0 spiro atoms. The van der Waals surface area contributed by atoms with Gasteiger partial charge in [0, 0.05) is 70.7 Å². The van der Waals surface area contributed by atoms with Gasteiger partial charge in [-0.2, -0.15) is 5.10 Å². The molecule has 0 aliphatic carbocycles. The zero-order valence-corrected chi connectivity index (χ0v) is 14.3. The number of carbonyl (C=O) groups excluding carboxylic acids is 1. The predicted molar refractivity (Wildman–Crippen MR) is 90.8 cm³/mol. The highest BCUT2D eigenvalue weighted by molar-refractivity contribution is 5.85. The summed E-state index contributed by atoms with van der Waals surface area (Å²) in [5.41, 5.74) is 0. The van der Waals surface area contributed by atoms with E-state index in [4.69, 9.17) is 0 Å². The van der Waals surface area contributed by atoms with E-state index in [9.17, 15) is 4.79 Å². The molecule has 6 nitrogen and oxygen atoms in total. The van der Waals surface area contributed by atoms with Gasteiger partial charge in [-0.15, -0.1) is 24.8 Å². The molecular formula is C14H25Cl2N5O. The van der Waals surface area contributed by atoms with Crippen molar-refractivity contribution in [2.24, 2.45) is 0 Å². The number of nitrogens with one attached hydrogen (secondary N) is 1. The monoisotopic (exact) mass is 349 g/mol. The van der Waals surface area contributed by atoms with Crippen LogP contribution in [0.15, 0.2) is 18.5 Å². The van der Waals surface area contributed by atoms with Crippen LogP contribution < -0.4 is 5.32 Å². The van der Waals surface area contributed by atoms with Crippen LogP contribution in [0.5, 0.6) is 0 Å². The molecule has 1 unspecified atom stereocenters. The lowest BCUT2D eigenvalue weighted by Gasteiger charge is -2.32. The van der Waals surface area contributed by atoms with Crippen molar-refractivity contribution < 1.29 is 4.79 Å². The van der Waals surface area contributed by atoms with Gasteiger partial charge in [-0.05, 0) is 12.5 Å². The summed E-state index contributed by atoms with van der Waals surface area (Å²) in [6.45, 7) is 6.86. The summed E-state index contributed by atoms with van der Waals surface area (Å²) in [5, 5.41) is 7.51. The fourth-order valence-corrected chi connectivity index (χ4v) is 3.11. The van der Waals surface area contributed by atoms with Gasteiger partial charge < -0.3 is 10.2 Å². The van der Waals surface area contributed by atoms with Crippen molar-refractivity contribution in [2.75, 3.05) is 39.3 Å². The van der Waals surface area contributed by atoms with E-state index in [0.29, 0.717) is 19.0 Å². The predicted octanol–water partition coefficient (Wildman–Crippen LogP) is 0.623. The van der Waals surface area contributed by atoms with Crippen molar-refractivity contribution >= 4 is 30.7 Å². The van der Waals surface area contributed by atoms with Gasteiger partial charge in [-0.1, -0.05) is 0 Å². The lowest BCUT2D eigenvalue weighted by Crippen LogP contribution is -2.49. The average molecular weight is 350 g/mol. The van der Waals surface area contributed by atoms with Crippen LogP contribution in [0.2, 0.25) is 0 Å². The second kappa shape index (κ2) is 9.35. The third-order valence-electron chi connectivity index (χ3n) is 4.30. The number of piperazine rings is 1. The minimum Gasteiger partial charge on any atom is -0.341 e. The summed E-state index contributed by atoms with van der Waals surface area (Å²) < 4.78 is 1.82. The third kappa shape index (κ3) is 4.84. The molecule has 22 heavy (non-hydrogen) atoms. The van der Waals surface area contributed by atoms with Crippen LogP contribution in [0.1, 0.15) is 12.8 Å². The van der Waals surface area contributed by atoms with Crippen LogP contribution in [-0.2, 0) is 11.3 Å². The van der Waals surface area contributed by atoms with Crippen molar-refractivity contribution in [3.8, 4) is 0 Å². The maximum absolute atomic E-state index is 12.2. The molecule has 3 heterocycles. The number of carbonyl (C=O) groups is 1. The van der Waals surface area contributed by atoms with Gasteiger partial charge in [0.25, 0.3) is 0 Å². The van der Waals surface area contributed by atoms with E-state index in [1.165, 1.54) is 0 Å². The zero-order chi connectivity index (χ0) is 13.8. The van der Waals surface area contributed by atoms with E-state index in [0.717, 1.165) is 45.7 Å². The minimum absolute atomic E-state index is 0. The summed E-state index contributed by atoms with van der Waals surface area (Å²) >= 11 is 0. The van der Waals surface area contributed by atoms with Crippen molar-refractivity contribution in [1.29, 1.82) is 0 Å². The molecule has 1 aromatic heterocycles. The van der Waals surface area contributed by atoms with E-state index >= 15 is 0 Å². The summed E-state index contributed by atoms with van der Waals surface area (Å²) in [6.07, 6.45) is 5.32. The lowest BCUT2D eigenvalue weighted by molar-refractivity contribution is -0.130. The molecule has 3 rings (SSSR count). The molecule has 2 saturated heterocycles. The number of amides is 1. The highest BCUT2D eigenvalue weighted by Gasteiger charge is 2.30. The number of hydrogen-bond acceptors (Lipinski definition) is 4. The number of aromatic nitrogens is 2. The van der Waals surface area contributed by atoms with Crippen LogP contribution >= 0.6 is 24.8 Å². The Kier molecular flexibility index (Phi) is 8.17. The number of halogens is 2. The van der Waals surface area contributed by atoms with Crippen LogP contribution in [-0.4, -0.2) is 70.8 Å². The van der Waals surface area contributed by atoms with Gasteiger partial charge >= 0.3 is 0 Å². The molecule has 0 radical (unpaired) electrons. The molecule has 0 saturated carbocycles. The maximum Gasteiger partial charge on any atom is 0.224 e. The molecule has 0 bridgehead atoms. The maximum atomic E-state index is 12.2. The minimum atomic E-state index is 0. The molecular weight excluding hydrogens is 325 g/mol. The van der Waals surface area contributed by atoms with Gasteiger partial charge in [0.1, 0.15) is 0 Å². The molecule has 2 aliphatic rings. The van der Waals surface area contributed by atoms with E-state index in [2.05, 4.69) is 15.3 Å². The number of hydrogen-bond donors (Lipinski definition) is 1. The molecule has 1 N–H and O–H groups in total. The van der Waals surface area contributed by atoms with Crippen LogP contribution in [0.4, 0.5) is 0 Å². The van der Waals surface area contributed by atoms with Gasteiger partial charge in [0.2, 0.25) is 5.91 Å². The topological polar surface area (TPSA) is 53.4 Å². The quantitative estimate of drug-likeness (QED) is 0.865. The summed E-state index contributed by atoms with van der Waals surface area (Å²) in [7, 11) is 0. The van der Waals surface area contributed by atoms with Gasteiger partial charge in [0.05, 0.1) is 0 Å². The highest BCUT2D eigenvalue weighted by Crippen LogP contribution is 2.17. The first kappa shape index (κ1) is 19.2. The van der Waals surface area contributed by atoms with E-state index in [1.807, 2.05) is 21.8 Å². The Labute approximate surface area is 144 Å². The first-order valence-corrected chi connectivity index (χ1v) is 7.53. The average Bonchev–Trinajstić information content (AvgIpc) is 3.17. The van der Waals surface area contributed by atoms with Crippen LogP contribution in [0.3, 0.4) is 0 Å². The number of likely N-dealkylation sites (tertiary alicyclic amines) is 1. The fourth-order valence-electron chi connectivity index (χ4n) is 3.11. The Morgan fingerprint density at radius 2 is 2.00 bits per heavy atom. The van der Waals surface area contributed by atoms with Crippen molar-refractivity contribution in [1.82, 2.24) is 24.9 Å². The number of aryl methyl sites for hydroxylation is 1. The molecule has 1 atom stereocenters. The molecule has 2 aliphatic heterocycles. The van der Waals surface area contributed by atoms with Gasteiger partial charge in [0.15, 0.2) is 0 Å². The summed E-state index contributed by atoms with van der Waals surface area (Å²) in [6, 6.07) is 2.45. The largest absolute Gasteiger partial charge is 0.341 e. The molecule has 2 fully saturated rings. The Morgan fingerprint density at radius 3 is 2.68 bits per heavy atom. The lowest BCUT2D eigenvalue weighted by atomic mass is 10.2. The van der Waals surface area contributed by atoms with Crippen LogP contribution in [0, 0.1) is 0 Å². The van der Waals surface area contributed by atoms with Crippen molar-refractivity contribution in [2.45, 2.75) is 25.4 Å². The Bertz CT molecular complexity index is 436. The number of nitrogens with zero attached hydrogens (tertiary/aromatic N) is 4.